The van der Waals surface area contributed by atoms with Crippen molar-refractivity contribution in [2.24, 2.45) is 0 Å². The molecule has 0 saturated carbocycles. The average Bonchev–Trinajstić information content (AvgIpc) is 2.35. The molecule has 0 bridgehead atoms. The van der Waals surface area contributed by atoms with Crippen molar-refractivity contribution < 1.29 is 9.84 Å². The summed E-state index contributed by atoms with van der Waals surface area (Å²) in [4.78, 5) is 0. The van der Waals surface area contributed by atoms with Crippen molar-refractivity contribution in [1.29, 1.82) is 0 Å². The summed E-state index contributed by atoms with van der Waals surface area (Å²) in [6.45, 7) is 2.53. The maximum absolute atomic E-state index is 8.56. The molecule has 0 heterocycles. The minimum atomic E-state index is 0.204. The predicted octanol–water partition coefficient (Wildman–Crippen LogP) is 2.47. The van der Waals surface area contributed by atoms with Crippen LogP contribution in [0, 0.1) is 0 Å². The first-order chi connectivity index (χ1) is 8.34. The van der Waals surface area contributed by atoms with E-state index in [-0.39, 0.29) is 6.61 Å². The summed E-state index contributed by atoms with van der Waals surface area (Å²) in [7, 11) is 0. The maximum Gasteiger partial charge on any atom is 0.137 e. The van der Waals surface area contributed by atoms with Crippen molar-refractivity contribution in [3.05, 3.63) is 29.3 Å². The molecule has 0 saturated heterocycles. The lowest BCUT2D eigenvalue weighted by Crippen LogP contribution is -2.19. The first-order valence-electron chi connectivity index (χ1n) is 6.03. The predicted molar refractivity (Wildman–Crippen MR) is 70.8 cm³/mol. The third-order valence-corrected chi connectivity index (χ3v) is 2.69. The Morgan fingerprint density at radius 3 is 2.71 bits per heavy atom. The van der Waals surface area contributed by atoms with Crippen molar-refractivity contribution >= 4 is 11.6 Å². The first-order valence-corrected chi connectivity index (χ1v) is 6.41. The van der Waals surface area contributed by atoms with Crippen molar-refractivity contribution in [3.8, 4) is 5.75 Å². The molecule has 96 valence electrons. The summed E-state index contributed by atoms with van der Waals surface area (Å²) in [6, 6.07) is 7.52. The third-order valence-electron chi connectivity index (χ3n) is 2.38. The van der Waals surface area contributed by atoms with Gasteiger partial charge in [-0.15, -0.1) is 0 Å². The largest absolute Gasteiger partial charge is 0.492 e. The van der Waals surface area contributed by atoms with Gasteiger partial charge in [-0.1, -0.05) is 23.7 Å². The van der Waals surface area contributed by atoms with Crippen LogP contribution < -0.4 is 10.1 Å². The van der Waals surface area contributed by atoms with Crippen LogP contribution in [0.1, 0.15) is 19.3 Å². The van der Waals surface area contributed by atoms with E-state index in [2.05, 4.69) is 5.32 Å². The van der Waals surface area contributed by atoms with Gasteiger partial charge in [0.2, 0.25) is 0 Å². The molecule has 0 aliphatic carbocycles. The highest BCUT2D eigenvalue weighted by Crippen LogP contribution is 2.23. The maximum atomic E-state index is 8.56. The quantitative estimate of drug-likeness (QED) is 0.668. The van der Waals surface area contributed by atoms with E-state index in [0.717, 1.165) is 31.6 Å². The molecule has 1 aromatic carbocycles. The number of hydrogen-bond donors (Lipinski definition) is 2. The molecule has 0 amide bonds. The molecule has 0 atom stereocenters. The number of aliphatic hydroxyl groups is 1. The lowest BCUT2D eigenvalue weighted by molar-refractivity contribution is 0.289. The first kappa shape index (κ1) is 14.3. The smallest absolute Gasteiger partial charge is 0.137 e. The van der Waals surface area contributed by atoms with E-state index in [9.17, 15) is 0 Å². The van der Waals surface area contributed by atoms with Crippen LogP contribution in [0.15, 0.2) is 24.3 Å². The molecule has 17 heavy (non-hydrogen) atoms. The van der Waals surface area contributed by atoms with Crippen LogP contribution in [0.3, 0.4) is 0 Å². The van der Waals surface area contributed by atoms with Crippen LogP contribution >= 0.6 is 11.6 Å². The van der Waals surface area contributed by atoms with Crippen LogP contribution in [0.25, 0.3) is 0 Å². The molecule has 0 aliphatic rings. The Morgan fingerprint density at radius 1 is 1.12 bits per heavy atom. The van der Waals surface area contributed by atoms with E-state index in [1.54, 1.807) is 0 Å². The molecule has 0 unspecified atom stereocenters. The Hall–Kier alpha value is -0.770. The highest BCUT2D eigenvalue weighted by Gasteiger charge is 1.98. The molecule has 4 heteroatoms. The normalized spacial score (nSPS) is 10.5. The van der Waals surface area contributed by atoms with Crippen molar-refractivity contribution in [3.63, 3.8) is 0 Å². The van der Waals surface area contributed by atoms with Gasteiger partial charge in [0.25, 0.3) is 0 Å². The number of benzene rings is 1. The van der Waals surface area contributed by atoms with Gasteiger partial charge >= 0.3 is 0 Å². The van der Waals surface area contributed by atoms with Gasteiger partial charge in [-0.25, -0.2) is 0 Å². The Bertz CT molecular complexity index is 307. The van der Waals surface area contributed by atoms with E-state index in [1.807, 2.05) is 24.3 Å². The summed E-state index contributed by atoms with van der Waals surface area (Å²) < 4.78 is 5.57. The van der Waals surface area contributed by atoms with Gasteiger partial charge in [-0.3, -0.25) is 0 Å². The van der Waals surface area contributed by atoms with Crippen LogP contribution in [-0.4, -0.2) is 31.4 Å². The lowest BCUT2D eigenvalue weighted by atomic mass is 10.2. The summed E-state index contributed by atoms with van der Waals surface area (Å²) in [6.07, 6.45) is 3.24. The number of ether oxygens (including phenoxy) is 1. The zero-order valence-electron chi connectivity index (χ0n) is 9.99. The van der Waals surface area contributed by atoms with Crippen molar-refractivity contribution in [1.82, 2.24) is 5.32 Å². The van der Waals surface area contributed by atoms with E-state index in [0.29, 0.717) is 18.2 Å². The second-order valence-corrected chi connectivity index (χ2v) is 4.22. The summed E-state index contributed by atoms with van der Waals surface area (Å²) in [5.74, 6) is 0.757. The number of hydrogen-bond acceptors (Lipinski definition) is 3. The zero-order chi connectivity index (χ0) is 12.3. The van der Waals surface area contributed by atoms with E-state index in [4.69, 9.17) is 21.4 Å². The average molecular weight is 258 g/mol. The minimum Gasteiger partial charge on any atom is -0.492 e. The van der Waals surface area contributed by atoms with Crippen LogP contribution in [0.4, 0.5) is 0 Å². The number of para-hydroxylation sites is 1. The highest BCUT2D eigenvalue weighted by molar-refractivity contribution is 6.32. The molecule has 0 aliphatic heterocycles. The standard InChI is InChI=1S/C13H20ClNO2/c14-12-6-2-3-7-13(12)17-11-5-1-4-8-15-9-10-16/h2-3,6-7,15-16H,1,4-5,8-11H2. The van der Waals surface area contributed by atoms with Gasteiger partial charge in [-0.05, 0) is 37.9 Å². The number of nitrogens with one attached hydrogen (secondary N) is 1. The minimum absolute atomic E-state index is 0.204. The van der Waals surface area contributed by atoms with Crippen molar-refractivity contribution in [2.45, 2.75) is 19.3 Å². The molecular formula is C13H20ClNO2. The number of halogens is 1. The summed E-state index contributed by atoms with van der Waals surface area (Å²) in [5.41, 5.74) is 0. The second-order valence-electron chi connectivity index (χ2n) is 3.81. The fraction of sp³-hybridized carbons (Fsp3) is 0.538. The van der Waals surface area contributed by atoms with Crippen LogP contribution in [0.5, 0.6) is 5.75 Å². The Balaban J connectivity index is 1.99. The number of rotatable bonds is 9. The number of unbranched alkanes of at least 4 members (excludes halogenated alkanes) is 2. The lowest BCUT2D eigenvalue weighted by Gasteiger charge is -2.07. The molecule has 0 fully saturated rings. The van der Waals surface area contributed by atoms with Gasteiger partial charge < -0.3 is 15.2 Å². The molecule has 2 N–H and O–H groups in total. The summed E-state index contributed by atoms with van der Waals surface area (Å²) >= 11 is 5.96. The molecule has 0 aromatic heterocycles. The van der Waals surface area contributed by atoms with Gasteiger partial charge in [0, 0.05) is 6.54 Å². The molecule has 1 aromatic rings. The van der Waals surface area contributed by atoms with Crippen molar-refractivity contribution in [2.75, 3.05) is 26.3 Å². The Morgan fingerprint density at radius 2 is 1.94 bits per heavy atom. The Labute approximate surface area is 108 Å². The fourth-order valence-electron chi connectivity index (χ4n) is 1.48. The SMILES string of the molecule is OCCNCCCCCOc1ccccc1Cl. The monoisotopic (exact) mass is 257 g/mol. The Kier molecular flexibility index (Phi) is 7.80. The van der Waals surface area contributed by atoms with Gasteiger partial charge in [0.1, 0.15) is 5.75 Å². The molecular weight excluding hydrogens is 238 g/mol. The number of aliphatic hydroxyl groups excluding tert-OH is 1. The van der Waals surface area contributed by atoms with E-state index >= 15 is 0 Å². The van der Waals surface area contributed by atoms with Crippen LogP contribution in [-0.2, 0) is 0 Å². The molecule has 1 rings (SSSR count). The van der Waals surface area contributed by atoms with Gasteiger partial charge in [0.05, 0.1) is 18.2 Å². The zero-order valence-corrected chi connectivity index (χ0v) is 10.7. The van der Waals surface area contributed by atoms with Gasteiger partial charge in [-0.2, -0.15) is 0 Å². The molecule has 0 radical (unpaired) electrons. The van der Waals surface area contributed by atoms with Gasteiger partial charge in [0.15, 0.2) is 0 Å². The van der Waals surface area contributed by atoms with Crippen LogP contribution in [0.2, 0.25) is 5.02 Å². The fourth-order valence-corrected chi connectivity index (χ4v) is 1.67. The molecule has 0 spiro atoms. The third kappa shape index (κ3) is 6.51. The second kappa shape index (κ2) is 9.28. The molecule has 3 nitrogen and oxygen atoms in total. The highest BCUT2D eigenvalue weighted by atomic mass is 35.5. The summed E-state index contributed by atoms with van der Waals surface area (Å²) in [5, 5.41) is 12.4. The van der Waals surface area contributed by atoms with E-state index < -0.39 is 0 Å². The van der Waals surface area contributed by atoms with E-state index in [1.165, 1.54) is 0 Å². The topological polar surface area (TPSA) is 41.5 Å².